The fourth-order valence-electron chi connectivity index (χ4n) is 2.92. The second-order valence-corrected chi connectivity index (χ2v) is 6.04. The maximum atomic E-state index is 12.1. The summed E-state index contributed by atoms with van der Waals surface area (Å²) in [5.74, 6) is 0.477. The van der Waals surface area contributed by atoms with E-state index in [2.05, 4.69) is 35.5 Å². The van der Waals surface area contributed by atoms with Crippen molar-refractivity contribution in [2.75, 3.05) is 26.0 Å². The molecule has 124 valence electrons. The first-order valence-corrected chi connectivity index (χ1v) is 8.08. The van der Waals surface area contributed by atoms with Crippen LogP contribution in [0.1, 0.15) is 16.7 Å². The summed E-state index contributed by atoms with van der Waals surface area (Å²) in [7, 11) is 3.72. The maximum Gasteiger partial charge on any atom is 0.248 e. The Labute approximate surface area is 142 Å². The quantitative estimate of drug-likeness (QED) is 0.878. The van der Waals surface area contributed by atoms with Crippen LogP contribution in [0.3, 0.4) is 0 Å². The van der Waals surface area contributed by atoms with Crippen molar-refractivity contribution < 1.29 is 9.53 Å². The van der Waals surface area contributed by atoms with Crippen molar-refractivity contribution in [1.29, 1.82) is 0 Å². The van der Waals surface area contributed by atoms with Crippen LogP contribution in [0.5, 0.6) is 5.75 Å². The molecular weight excluding hydrogens is 300 g/mol. The third-order valence-corrected chi connectivity index (χ3v) is 4.23. The molecule has 0 fully saturated rings. The number of benzene rings is 2. The molecule has 0 aliphatic carbocycles. The number of hydrogen-bond acceptors (Lipinski definition) is 3. The first-order chi connectivity index (χ1) is 11.7. The standard InChI is InChI=1S/C20H22N2O2/c1-22-12-11-16-9-7-15(13-17(16)14-22)8-10-20(23)21-18-5-3-4-6-19(18)24-2/h3-10,13H,11-12,14H2,1-2H3,(H,21,23). The van der Waals surface area contributed by atoms with E-state index in [1.165, 1.54) is 11.1 Å². The van der Waals surface area contributed by atoms with E-state index < -0.39 is 0 Å². The number of nitrogens with one attached hydrogen (secondary N) is 1. The fraction of sp³-hybridized carbons (Fsp3) is 0.250. The SMILES string of the molecule is COc1ccccc1NC(=O)C=Cc1ccc2c(c1)CN(C)CC2. The predicted octanol–water partition coefficient (Wildman–Crippen LogP) is 3.34. The smallest absolute Gasteiger partial charge is 0.248 e. The largest absolute Gasteiger partial charge is 0.495 e. The topological polar surface area (TPSA) is 41.6 Å². The van der Waals surface area contributed by atoms with Crippen LogP contribution in [0.25, 0.3) is 6.08 Å². The minimum Gasteiger partial charge on any atom is -0.495 e. The van der Waals surface area contributed by atoms with Crippen molar-refractivity contribution in [3.05, 3.63) is 65.2 Å². The van der Waals surface area contributed by atoms with Gasteiger partial charge in [0.1, 0.15) is 5.75 Å². The van der Waals surface area contributed by atoms with Crippen molar-refractivity contribution in [2.24, 2.45) is 0 Å². The van der Waals surface area contributed by atoms with Crippen LogP contribution in [0.2, 0.25) is 0 Å². The van der Waals surface area contributed by atoms with Gasteiger partial charge >= 0.3 is 0 Å². The summed E-state index contributed by atoms with van der Waals surface area (Å²) in [6.07, 6.45) is 4.49. The maximum absolute atomic E-state index is 12.1. The molecule has 0 spiro atoms. The van der Waals surface area contributed by atoms with Gasteiger partial charge in [-0.2, -0.15) is 0 Å². The number of ether oxygens (including phenoxy) is 1. The van der Waals surface area contributed by atoms with Gasteiger partial charge < -0.3 is 15.0 Å². The fourth-order valence-corrected chi connectivity index (χ4v) is 2.92. The number of amides is 1. The van der Waals surface area contributed by atoms with Gasteiger partial charge in [0.15, 0.2) is 0 Å². The molecule has 1 heterocycles. The number of likely N-dealkylation sites (N-methyl/N-ethyl adjacent to an activating group) is 1. The zero-order chi connectivity index (χ0) is 16.9. The van der Waals surface area contributed by atoms with E-state index in [0.717, 1.165) is 25.1 Å². The molecule has 0 aromatic heterocycles. The second-order valence-electron chi connectivity index (χ2n) is 6.04. The first-order valence-electron chi connectivity index (χ1n) is 8.08. The van der Waals surface area contributed by atoms with Gasteiger partial charge in [-0.25, -0.2) is 0 Å². The molecule has 0 radical (unpaired) electrons. The van der Waals surface area contributed by atoms with E-state index in [4.69, 9.17) is 4.74 Å². The Balaban J connectivity index is 1.69. The molecule has 0 bridgehead atoms. The third-order valence-electron chi connectivity index (χ3n) is 4.23. The number of fused-ring (bicyclic) bond motifs is 1. The van der Waals surface area contributed by atoms with Gasteiger partial charge in [-0.1, -0.05) is 30.3 Å². The molecule has 2 aromatic rings. The van der Waals surface area contributed by atoms with E-state index in [1.54, 1.807) is 13.2 Å². The summed E-state index contributed by atoms with van der Waals surface area (Å²) >= 11 is 0. The number of methoxy groups -OCH3 is 1. The highest BCUT2D eigenvalue weighted by Crippen LogP contribution is 2.23. The van der Waals surface area contributed by atoms with Gasteiger partial charge in [-0.05, 0) is 48.4 Å². The number of nitrogens with zero attached hydrogens (tertiary/aromatic N) is 1. The Kier molecular flexibility index (Phi) is 4.96. The molecular formula is C20H22N2O2. The van der Waals surface area contributed by atoms with Crippen LogP contribution in [-0.4, -0.2) is 31.5 Å². The van der Waals surface area contributed by atoms with Crippen molar-refractivity contribution >= 4 is 17.7 Å². The number of anilines is 1. The summed E-state index contributed by atoms with van der Waals surface area (Å²) in [5.41, 5.74) is 4.46. The summed E-state index contributed by atoms with van der Waals surface area (Å²) in [6, 6.07) is 13.8. The van der Waals surface area contributed by atoms with Crippen molar-refractivity contribution in [3.8, 4) is 5.75 Å². The number of carbonyl (C=O) groups excluding carboxylic acids is 1. The molecule has 0 atom stereocenters. The molecule has 2 aromatic carbocycles. The van der Waals surface area contributed by atoms with Crippen molar-refractivity contribution in [3.63, 3.8) is 0 Å². The zero-order valence-corrected chi connectivity index (χ0v) is 14.1. The van der Waals surface area contributed by atoms with Crippen LogP contribution >= 0.6 is 0 Å². The zero-order valence-electron chi connectivity index (χ0n) is 14.1. The highest BCUT2D eigenvalue weighted by molar-refractivity contribution is 6.02. The van der Waals surface area contributed by atoms with Gasteiger partial charge in [0.05, 0.1) is 12.8 Å². The highest BCUT2D eigenvalue weighted by Gasteiger charge is 2.12. The Morgan fingerprint density at radius 1 is 1.21 bits per heavy atom. The molecule has 3 rings (SSSR count). The molecule has 1 aliphatic rings. The lowest BCUT2D eigenvalue weighted by Crippen LogP contribution is -2.26. The minimum atomic E-state index is -0.172. The van der Waals surface area contributed by atoms with Gasteiger partial charge in [0, 0.05) is 19.2 Å². The molecule has 1 N–H and O–H groups in total. The van der Waals surface area contributed by atoms with Crippen molar-refractivity contribution in [1.82, 2.24) is 4.90 Å². The lowest BCUT2D eigenvalue weighted by Gasteiger charge is -2.25. The molecule has 1 aliphatic heterocycles. The molecule has 24 heavy (non-hydrogen) atoms. The van der Waals surface area contributed by atoms with Gasteiger partial charge in [0.25, 0.3) is 0 Å². The van der Waals surface area contributed by atoms with Gasteiger partial charge in [-0.15, -0.1) is 0 Å². The van der Waals surface area contributed by atoms with Gasteiger partial charge in [0.2, 0.25) is 5.91 Å². The highest BCUT2D eigenvalue weighted by atomic mass is 16.5. The van der Waals surface area contributed by atoms with E-state index in [9.17, 15) is 4.79 Å². The molecule has 4 nitrogen and oxygen atoms in total. The number of carbonyl (C=O) groups is 1. The molecule has 1 amide bonds. The normalized spacial score (nSPS) is 14.4. The van der Waals surface area contributed by atoms with Crippen LogP contribution < -0.4 is 10.1 Å². The second kappa shape index (κ2) is 7.32. The van der Waals surface area contributed by atoms with Crippen LogP contribution in [-0.2, 0) is 17.8 Å². The average Bonchev–Trinajstić information content (AvgIpc) is 2.60. The Morgan fingerprint density at radius 2 is 2.04 bits per heavy atom. The number of para-hydroxylation sites is 2. The minimum absolute atomic E-state index is 0.172. The van der Waals surface area contributed by atoms with E-state index in [1.807, 2.05) is 30.3 Å². The van der Waals surface area contributed by atoms with Crippen LogP contribution in [0.15, 0.2) is 48.5 Å². The Bertz CT molecular complexity index is 768. The molecule has 4 heteroatoms. The number of rotatable bonds is 4. The predicted molar refractivity (Wildman–Crippen MR) is 97.1 cm³/mol. The van der Waals surface area contributed by atoms with Crippen LogP contribution in [0, 0.1) is 0 Å². The summed E-state index contributed by atoms with van der Waals surface area (Å²) < 4.78 is 5.24. The molecule has 0 unspecified atom stereocenters. The molecule has 0 saturated heterocycles. The third kappa shape index (κ3) is 3.84. The Hall–Kier alpha value is -2.59. The van der Waals surface area contributed by atoms with E-state index >= 15 is 0 Å². The van der Waals surface area contributed by atoms with Gasteiger partial charge in [-0.3, -0.25) is 4.79 Å². The monoisotopic (exact) mass is 322 g/mol. The van der Waals surface area contributed by atoms with Crippen molar-refractivity contribution in [2.45, 2.75) is 13.0 Å². The van der Waals surface area contributed by atoms with Crippen LogP contribution in [0.4, 0.5) is 5.69 Å². The molecule has 0 saturated carbocycles. The Morgan fingerprint density at radius 3 is 2.88 bits per heavy atom. The lowest BCUT2D eigenvalue weighted by molar-refractivity contribution is -0.111. The first kappa shape index (κ1) is 16.3. The summed E-state index contributed by atoms with van der Waals surface area (Å²) in [5, 5.41) is 2.84. The lowest BCUT2D eigenvalue weighted by atomic mass is 9.97. The number of hydrogen-bond donors (Lipinski definition) is 1. The summed E-state index contributed by atoms with van der Waals surface area (Å²) in [6.45, 7) is 2.06. The summed E-state index contributed by atoms with van der Waals surface area (Å²) in [4.78, 5) is 14.4. The van der Waals surface area contributed by atoms with E-state index in [-0.39, 0.29) is 5.91 Å². The van der Waals surface area contributed by atoms with E-state index in [0.29, 0.717) is 11.4 Å². The average molecular weight is 322 g/mol.